The van der Waals surface area contributed by atoms with Gasteiger partial charge in [-0.2, -0.15) is 0 Å². The summed E-state index contributed by atoms with van der Waals surface area (Å²) in [6, 6.07) is 4.98. The van der Waals surface area contributed by atoms with Crippen LogP contribution < -0.4 is 11.1 Å². The number of anilines is 1. The number of hydrogen-bond donors (Lipinski definition) is 1. The number of aromatic nitrogens is 3. The summed E-state index contributed by atoms with van der Waals surface area (Å²) in [4.78, 5) is 31.0. The molecule has 2 heterocycles. The number of oxazole rings is 1. The molecule has 0 aliphatic heterocycles. The van der Waals surface area contributed by atoms with Crippen LogP contribution in [0.3, 0.4) is 0 Å². The van der Waals surface area contributed by atoms with Crippen LogP contribution in [0.25, 0.3) is 11.1 Å². The molecule has 0 aliphatic carbocycles. The van der Waals surface area contributed by atoms with Crippen LogP contribution in [0.1, 0.15) is 10.5 Å². The van der Waals surface area contributed by atoms with Crippen LogP contribution in [0, 0.1) is 0 Å². The van der Waals surface area contributed by atoms with Crippen LogP contribution in [0.15, 0.2) is 46.0 Å². The Balaban J connectivity index is 1.92. The van der Waals surface area contributed by atoms with E-state index >= 15 is 0 Å². The first-order valence-corrected chi connectivity index (χ1v) is 5.82. The van der Waals surface area contributed by atoms with Gasteiger partial charge in [-0.05, 0) is 12.1 Å². The molecule has 0 saturated heterocycles. The minimum absolute atomic E-state index is 0.210. The second kappa shape index (κ2) is 4.61. The molecule has 0 radical (unpaired) electrons. The predicted octanol–water partition coefficient (Wildman–Crippen LogP) is 1.17. The number of rotatable bonds is 2. The van der Waals surface area contributed by atoms with Gasteiger partial charge < -0.3 is 9.73 Å². The van der Waals surface area contributed by atoms with E-state index in [1.807, 2.05) is 0 Å². The number of carbonyl (C=O) groups is 1. The van der Waals surface area contributed by atoms with Gasteiger partial charge in [0.25, 0.3) is 5.91 Å². The summed E-state index contributed by atoms with van der Waals surface area (Å²) in [5.41, 5.74) is 1.80. The zero-order chi connectivity index (χ0) is 14.1. The number of carbonyl (C=O) groups excluding carboxylic acids is 1. The number of nitrogens with zero attached hydrogens (tertiary/aromatic N) is 3. The van der Waals surface area contributed by atoms with Crippen molar-refractivity contribution in [3.8, 4) is 0 Å². The molecular weight excluding hydrogens is 260 g/mol. The van der Waals surface area contributed by atoms with E-state index in [1.54, 1.807) is 25.2 Å². The van der Waals surface area contributed by atoms with Crippen molar-refractivity contribution in [3.05, 3.63) is 53.0 Å². The van der Waals surface area contributed by atoms with Crippen molar-refractivity contribution in [2.75, 3.05) is 5.32 Å². The molecule has 100 valence electrons. The monoisotopic (exact) mass is 270 g/mol. The molecule has 1 N–H and O–H groups in total. The minimum Gasteiger partial charge on any atom is -0.408 e. The third-order valence-electron chi connectivity index (χ3n) is 2.85. The highest BCUT2D eigenvalue weighted by Crippen LogP contribution is 2.18. The largest absolute Gasteiger partial charge is 0.419 e. The molecule has 0 fully saturated rings. The van der Waals surface area contributed by atoms with Crippen LogP contribution in [-0.4, -0.2) is 20.4 Å². The number of fused-ring (bicyclic) bond motifs is 1. The summed E-state index contributed by atoms with van der Waals surface area (Å²) < 4.78 is 6.45. The van der Waals surface area contributed by atoms with Crippen molar-refractivity contribution in [2.24, 2.45) is 7.05 Å². The van der Waals surface area contributed by atoms with E-state index in [1.165, 1.54) is 23.2 Å². The lowest BCUT2D eigenvalue weighted by atomic mass is 10.2. The van der Waals surface area contributed by atoms with E-state index in [4.69, 9.17) is 4.42 Å². The van der Waals surface area contributed by atoms with Crippen molar-refractivity contribution in [1.82, 2.24) is 14.5 Å². The number of hydrogen-bond acceptors (Lipinski definition) is 5. The molecule has 0 atom stereocenters. The van der Waals surface area contributed by atoms with Crippen LogP contribution in [-0.2, 0) is 7.05 Å². The van der Waals surface area contributed by atoms with Crippen LogP contribution >= 0.6 is 0 Å². The first kappa shape index (κ1) is 12.1. The van der Waals surface area contributed by atoms with Crippen molar-refractivity contribution in [1.29, 1.82) is 0 Å². The summed E-state index contributed by atoms with van der Waals surface area (Å²) in [6.07, 6.45) is 4.30. The lowest BCUT2D eigenvalue weighted by Gasteiger charge is -2.03. The maximum absolute atomic E-state index is 11.9. The predicted molar refractivity (Wildman–Crippen MR) is 71.4 cm³/mol. The van der Waals surface area contributed by atoms with Crippen LogP contribution in [0.2, 0.25) is 0 Å². The van der Waals surface area contributed by atoms with Gasteiger partial charge in [-0.1, -0.05) is 0 Å². The second-order valence-electron chi connectivity index (χ2n) is 4.15. The van der Waals surface area contributed by atoms with Crippen molar-refractivity contribution >= 4 is 22.7 Å². The van der Waals surface area contributed by atoms with Gasteiger partial charge in [-0.25, -0.2) is 9.78 Å². The van der Waals surface area contributed by atoms with E-state index in [0.29, 0.717) is 16.8 Å². The molecule has 1 aromatic carbocycles. The zero-order valence-electron chi connectivity index (χ0n) is 10.5. The molecular formula is C13H10N4O3. The molecule has 7 heteroatoms. The summed E-state index contributed by atoms with van der Waals surface area (Å²) in [7, 11) is 1.62. The van der Waals surface area contributed by atoms with Crippen molar-refractivity contribution in [2.45, 2.75) is 0 Å². The van der Waals surface area contributed by atoms with E-state index in [-0.39, 0.29) is 11.6 Å². The van der Waals surface area contributed by atoms with E-state index in [0.717, 1.165) is 0 Å². The average molecular weight is 270 g/mol. The minimum atomic E-state index is -0.447. The highest BCUT2D eigenvalue weighted by Gasteiger charge is 2.10. The molecule has 20 heavy (non-hydrogen) atoms. The third-order valence-corrected chi connectivity index (χ3v) is 2.85. The van der Waals surface area contributed by atoms with Gasteiger partial charge in [-0.15, -0.1) is 0 Å². The van der Waals surface area contributed by atoms with Gasteiger partial charge in [0.2, 0.25) is 0 Å². The molecule has 0 saturated carbocycles. The highest BCUT2D eigenvalue weighted by molar-refractivity contribution is 6.03. The van der Waals surface area contributed by atoms with Gasteiger partial charge in [0, 0.05) is 31.2 Å². The van der Waals surface area contributed by atoms with E-state index in [9.17, 15) is 9.59 Å². The second-order valence-corrected chi connectivity index (χ2v) is 4.15. The van der Waals surface area contributed by atoms with Gasteiger partial charge in [0.1, 0.15) is 5.69 Å². The smallest absolute Gasteiger partial charge is 0.408 e. The normalized spacial score (nSPS) is 10.7. The third kappa shape index (κ3) is 2.05. The molecule has 3 rings (SSSR count). The molecule has 0 aliphatic rings. The molecule has 0 spiro atoms. The summed E-state index contributed by atoms with van der Waals surface area (Å²) in [6.45, 7) is 0. The number of amides is 1. The van der Waals surface area contributed by atoms with Crippen LogP contribution in [0.5, 0.6) is 0 Å². The Kier molecular flexibility index (Phi) is 2.79. The number of nitrogens with one attached hydrogen (secondary N) is 1. The molecule has 7 nitrogen and oxygen atoms in total. The Morgan fingerprint density at radius 2 is 2.20 bits per heavy atom. The lowest BCUT2D eigenvalue weighted by Crippen LogP contribution is -2.13. The van der Waals surface area contributed by atoms with Crippen molar-refractivity contribution in [3.63, 3.8) is 0 Å². The zero-order valence-corrected chi connectivity index (χ0v) is 10.5. The topological polar surface area (TPSA) is 90.0 Å². The van der Waals surface area contributed by atoms with Crippen molar-refractivity contribution < 1.29 is 9.21 Å². The summed E-state index contributed by atoms with van der Waals surface area (Å²) in [5.74, 6) is -0.826. The van der Waals surface area contributed by atoms with Crippen LogP contribution in [0.4, 0.5) is 5.69 Å². The first-order valence-electron chi connectivity index (χ1n) is 5.82. The molecule has 1 amide bonds. The van der Waals surface area contributed by atoms with Gasteiger partial charge in [-0.3, -0.25) is 14.3 Å². The average Bonchev–Trinajstić information content (AvgIpc) is 2.74. The molecule has 3 aromatic rings. The summed E-state index contributed by atoms with van der Waals surface area (Å²) >= 11 is 0. The molecule has 2 aromatic heterocycles. The first-order chi connectivity index (χ1) is 9.65. The molecule has 0 bridgehead atoms. The molecule has 0 unspecified atom stereocenters. The highest BCUT2D eigenvalue weighted by atomic mass is 16.4. The number of aryl methyl sites for hydroxylation is 1. The van der Waals surface area contributed by atoms with Gasteiger partial charge in [0.05, 0.1) is 11.7 Å². The Hall–Kier alpha value is -2.96. The summed E-state index contributed by atoms with van der Waals surface area (Å²) in [5, 5.41) is 2.67. The van der Waals surface area contributed by atoms with Gasteiger partial charge in [0.15, 0.2) is 5.58 Å². The van der Waals surface area contributed by atoms with E-state index in [2.05, 4.69) is 15.3 Å². The van der Waals surface area contributed by atoms with Gasteiger partial charge >= 0.3 is 5.76 Å². The fourth-order valence-corrected chi connectivity index (χ4v) is 1.82. The Morgan fingerprint density at radius 3 is 2.95 bits per heavy atom. The lowest BCUT2D eigenvalue weighted by molar-refractivity contribution is 0.102. The maximum Gasteiger partial charge on any atom is 0.419 e. The van der Waals surface area contributed by atoms with E-state index < -0.39 is 5.76 Å². The Labute approximate surface area is 112 Å². The Morgan fingerprint density at radius 1 is 1.35 bits per heavy atom. The quantitative estimate of drug-likeness (QED) is 0.755. The SMILES string of the molecule is Cn1c(=O)oc2cc(NC(=O)c3cnccn3)ccc21. The fourth-order valence-electron chi connectivity index (χ4n) is 1.82. The maximum atomic E-state index is 11.9. The standard InChI is InChI=1S/C13H10N4O3/c1-17-10-3-2-8(6-11(10)20-13(17)19)16-12(18)9-7-14-4-5-15-9/h2-7H,1H3,(H,16,18). The number of benzene rings is 1. The fraction of sp³-hybridized carbons (Fsp3) is 0.0769. The Bertz CT molecular complexity index is 836.